The van der Waals surface area contributed by atoms with E-state index < -0.39 is 5.41 Å². The van der Waals surface area contributed by atoms with Crippen molar-refractivity contribution in [2.24, 2.45) is 5.41 Å². The molecule has 0 saturated carbocycles. The van der Waals surface area contributed by atoms with Crippen LogP contribution in [0.15, 0.2) is 12.7 Å². The molecule has 0 amide bonds. The highest BCUT2D eigenvalue weighted by Gasteiger charge is 2.27. The molecular weight excluding hydrogens is 154 g/mol. The number of carbonyl (C=O) groups excluding carboxylic acids is 1. The Morgan fingerprint density at radius 3 is 2.67 bits per heavy atom. The van der Waals surface area contributed by atoms with Gasteiger partial charge in [0.15, 0.2) is 0 Å². The molecular formula is C9H17NO2. The van der Waals surface area contributed by atoms with E-state index in [0.717, 1.165) is 0 Å². The van der Waals surface area contributed by atoms with Gasteiger partial charge in [-0.25, -0.2) is 0 Å². The van der Waals surface area contributed by atoms with E-state index in [-0.39, 0.29) is 5.97 Å². The fourth-order valence-corrected chi connectivity index (χ4v) is 0.835. The first kappa shape index (κ1) is 11.2. The highest BCUT2D eigenvalue weighted by atomic mass is 16.5. The van der Waals surface area contributed by atoms with Gasteiger partial charge in [-0.3, -0.25) is 4.79 Å². The predicted molar refractivity (Wildman–Crippen MR) is 48.9 cm³/mol. The molecule has 0 aliphatic carbocycles. The van der Waals surface area contributed by atoms with Crippen molar-refractivity contribution in [3.05, 3.63) is 12.7 Å². The Morgan fingerprint density at radius 1 is 1.67 bits per heavy atom. The Balaban J connectivity index is 3.86. The molecule has 0 unspecified atom stereocenters. The van der Waals surface area contributed by atoms with Crippen molar-refractivity contribution in [2.45, 2.75) is 13.8 Å². The van der Waals surface area contributed by atoms with Gasteiger partial charge in [-0.05, 0) is 13.8 Å². The average molecular weight is 171 g/mol. The van der Waals surface area contributed by atoms with Crippen molar-refractivity contribution in [1.29, 1.82) is 0 Å². The quantitative estimate of drug-likeness (QED) is 0.380. The van der Waals surface area contributed by atoms with Crippen LogP contribution in [0, 0.1) is 5.41 Å². The van der Waals surface area contributed by atoms with Crippen LogP contribution in [0.5, 0.6) is 0 Å². The lowest BCUT2D eigenvalue weighted by Crippen LogP contribution is -2.36. The maximum atomic E-state index is 11.1. The van der Waals surface area contributed by atoms with Crippen LogP contribution in [-0.4, -0.2) is 26.2 Å². The molecule has 3 nitrogen and oxygen atoms in total. The fraction of sp³-hybridized carbons (Fsp3) is 0.667. The Morgan fingerprint density at radius 2 is 2.25 bits per heavy atom. The summed E-state index contributed by atoms with van der Waals surface area (Å²) < 4.78 is 4.64. The first-order valence-corrected chi connectivity index (χ1v) is 3.94. The van der Waals surface area contributed by atoms with Crippen molar-refractivity contribution >= 4 is 5.97 Å². The number of nitrogens with one attached hydrogen (secondary N) is 1. The molecule has 1 N–H and O–H groups in total. The number of ether oxygens (including phenoxy) is 1. The topological polar surface area (TPSA) is 38.3 Å². The molecule has 0 aliphatic heterocycles. The molecule has 70 valence electrons. The second kappa shape index (κ2) is 4.93. The largest absolute Gasteiger partial charge is 0.469 e. The molecule has 3 heteroatoms. The second-order valence-corrected chi connectivity index (χ2v) is 3.30. The van der Waals surface area contributed by atoms with E-state index >= 15 is 0 Å². The van der Waals surface area contributed by atoms with Crippen LogP contribution in [0.1, 0.15) is 13.8 Å². The van der Waals surface area contributed by atoms with E-state index in [1.54, 1.807) is 6.08 Å². The van der Waals surface area contributed by atoms with Crippen LogP contribution in [0.25, 0.3) is 0 Å². The molecule has 0 saturated heterocycles. The Labute approximate surface area is 73.8 Å². The van der Waals surface area contributed by atoms with Gasteiger partial charge in [0.2, 0.25) is 0 Å². The maximum Gasteiger partial charge on any atom is 0.312 e. The summed E-state index contributed by atoms with van der Waals surface area (Å²) >= 11 is 0. The molecule has 0 aliphatic rings. The number of carbonyl (C=O) groups is 1. The number of hydrogen-bond donors (Lipinski definition) is 1. The van der Waals surface area contributed by atoms with E-state index in [1.807, 2.05) is 13.8 Å². The third-order valence-electron chi connectivity index (χ3n) is 1.59. The van der Waals surface area contributed by atoms with Crippen LogP contribution >= 0.6 is 0 Å². The van der Waals surface area contributed by atoms with Crippen LogP contribution in [0.4, 0.5) is 0 Å². The highest BCUT2D eigenvalue weighted by molar-refractivity contribution is 5.76. The summed E-state index contributed by atoms with van der Waals surface area (Å²) in [4.78, 5) is 11.1. The number of methoxy groups -OCH3 is 1. The zero-order valence-electron chi connectivity index (χ0n) is 8.02. The third kappa shape index (κ3) is 3.53. The van der Waals surface area contributed by atoms with Crippen molar-refractivity contribution in [3.8, 4) is 0 Å². The Kier molecular flexibility index (Phi) is 4.59. The number of esters is 1. The van der Waals surface area contributed by atoms with E-state index in [4.69, 9.17) is 0 Å². The lowest BCUT2D eigenvalue weighted by molar-refractivity contribution is -0.150. The van der Waals surface area contributed by atoms with Crippen molar-refractivity contribution in [1.82, 2.24) is 5.32 Å². The summed E-state index contributed by atoms with van der Waals surface area (Å²) in [6, 6.07) is 0. The van der Waals surface area contributed by atoms with Gasteiger partial charge in [0.05, 0.1) is 12.5 Å². The summed E-state index contributed by atoms with van der Waals surface area (Å²) in [6.45, 7) is 8.56. The van der Waals surface area contributed by atoms with Crippen molar-refractivity contribution < 1.29 is 9.53 Å². The second-order valence-electron chi connectivity index (χ2n) is 3.30. The highest BCUT2D eigenvalue weighted by Crippen LogP contribution is 2.14. The first-order chi connectivity index (χ1) is 5.54. The van der Waals surface area contributed by atoms with Gasteiger partial charge in [-0.1, -0.05) is 6.08 Å². The van der Waals surface area contributed by atoms with Crippen molar-refractivity contribution in [2.75, 3.05) is 20.2 Å². The maximum absolute atomic E-state index is 11.1. The summed E-state index contributed by atoms with van der Waals surface area (Å²) in [5.74, 6) is -0.195. The molecule has 0 heterocycles. The number of rotatable bonds is 5. The molecule has 0 radical (unpaired) electrons. The van der Waals surface area contributed by atoms with Crippen LogP contribution in [0.2, 0.25) is 0 Å². The predicted octanol–water partition coefficient (Wildman–Crippen LogP) is 0.961. The molecule has 0 aromatic carbocycles. The van der Waals surface area contributed by atoms with Gasteiger partial charge < -0.3 is 10.1 Å². The van der Waals surface area contributed by atoms with Crippen molar-refractivity contribution in [3.63, 3.8) is 0 Å². The van der Waals surface area contributed by atoms with Gasteiger partial charge in [0.1, 0.15) is 0 Å². The lowest BCUT2D eigenvalue weighted by Gasteiger charge is -2.21. The molecule has 0 aromatic rings. The summed E-state index contributed by atoms with van der Waals surface area (Å²) in [5, 5.41) is 3.07. The fourth-order valence-electron chi connectivity index (χ4n) is 0.835. The Bertz CT molecular complexity index is 164. The molecule has 0 fully saturated rings. The van der Waals surface area contributed by atoms with Crippen LogP contribution in [0.3, 0.4) is 0 Å². The average Bonchev–Trinajstić information content (AvgIpc) is 2.03. The monoisotopic (exact) mass is 171 g/mol. The molecule has 0 atom stereocenters. The molecule has 12 heavy (non-hydrogen) atoms. The minimum Gasteiger partial charge on any atom is -0.469 e. The zero-order chi connectivity index (χ0) is 9.61. The normalized spacial score (nSPS) is 10.9. The molecule has 0 bridgehead atoms. The van der Waals surface area contributed by atoms with Gasteiger partial charge in [0.25, 0.3) is 0 Å². The first-order valence-electron chi connectivity index (χ1n) is 3.94. The van der Waals surface area contributed by atoms with E-state index in [9.17, 15) is 4.79 Å². The minimum atomic E-state index is -0.461. The smallest absolute Gasteiger partial charge is 0.312 e. The molecule has 0 rings (SSSR count). The van der Waals surface area contributed by atoms with Gasteiger partial charge in [-0.2, -0.15) is 0 Å². The van der Waals surface area contributed by atoms with Gasteiger partial charge in [0, 0.05) is 13.1 Å². The zero-order valence-corrected chi connectivity index (χ0v) is 8.02. The van der Waals surface area contributed by atoms with E-state index in [0.29, 0.717) is 13.1 Å². The molecule has 0 aromatic heterocycles. The van der Waals surface area contributed by atoms with Crippen LogP contribution in [-0.2, 0) is 9.53 Å². The summed E-state index contributed by atoms with van der Waals surface area (Å²) in [6.07, 6.45) is 1.76. The number of hydrogen-bond acceptors (Lipinski definition) is 3. The van der Waals surface area contributed by atoms with Crippen LogP contribution < -0.4 is 5.32 Å². The van der Waals surface area contributed by atoms with E-state index in [1.165, 1.54) is 7.11 Å². The SMILES string of the molecule is C=CCNCC(C)(C)C(=O)OC. The standard InChI is InChI=1S/C9H17NO2/c1-5-6-10-7-9(2,3)8(11)12-4/h5,10H,1,6-7H2,2-4H3. The molecule has 0 spiro atoms. The van der Waals surface area contributed by atoms with E-state index in [2.05, 4.69) is 16.6 Å². The third-order valence-corrected chi connectivity index (χ3v) is 1.59. The van der Waals surface area contributed by atoms with Gasteiger partial charge >= 0.3 is 5.97 Å². The Hall–Kier alpha value is -0.830. The lowest BCUT2D eigenvalue weighted by atomic mass is 9.94. The minimum absolute atomic E-state index is 0.195. The van der Waals surface area contributed by atoms with Gasteiger partial charge in [-0.15, -0.1) is 6.58 Å². The summed E-state index contributed by atoms with van der Waals surface area (Å²) in [5.41, 5.74) is -0.461. The summed E-state index contributed by atoms with van der Waals surface area (Å²) in [7, 11) is 1.40.